The molecule has 9 N–H and O–H groups in total. The number of hydrogen-bond acceptors (Lipinski definition) is 16. The number of carbonyl (C=O) groups excluding carboxylic acids is 4. The number of pyridine rings is 1. The van der Waals surface area contributed by atoms with Gasteiger partial charge in [-0.2, -0.15) is 21.1 Å². The molecular formula is C25H30N10O7S4. The molecule has 0 radical (unpaired) electrons. The molecule has 4 rings (SSSR count). The predicted octanol–water partition coefficient (Wildman–Crippen LogP) is -0.617. The number of fused-ring (bicyclic) bond motifs is 1. The topological polar surface area (TPSA) is 268 Å². The van der Waals surface area contributed by atoms with Gasteiger partial charge in [-0.1, -0.05) is 16.9 Å². The summed E-state index contributed by atoms with van der Waals surface area (Å²) in [6.07, 6.45) is 1.62. The van der Waals surface area contributed by atoms with Crippen molar-refractivity contribution in [3.63, 3.8) is 0 Å². The first-order chi connectivity index (χ1) is 21.9. The summed E-state index contributed by atoms with van der Waals surface area (Å²) in [5.41, 5.74) is 11.0. The van der Waals surface area contributed by atoms with Gasteiger partial charge in [0.05, 0.1) is 11.7 Å². The second-order valence-electron chi connectivity index (χ2n) is 9.76. The summed E-state index contributed by atoms with van der Waals surface area (Å²) in [6, 6.07) is 1.000. The van der Waals surface area contributed by atoms with Crippen LogP contribution in [0.2, 0.25) is 0 Å². The SMILES string of the molecule is C[C@H](N)C(=O)N[C@@H](C)C(=O)NCCSCc1ncccc1SC1=C(C(=O)O)N2C(=O)[C@@H](NC(=O)/C(=N\O)c3nsc(N)n3)[C@H]2SC1. The Morgan fingerprint density at radius 1 is 1.26 bits per heavy atom. The summed E-state index contributed by atoms with van der Waals surface area (Å²) in [5, 5.41) is 29.4. The Hall–Kier alpha value is -3.92. The second kappa shape index (κ2) is 15.6. The summed E-state index contributed by atoms with van der Waals surface area (Å²) in [6.45, 7) is 3.44. The van der Waals surface area contributed by atoms with Gasteiger partial charge in [-0.25, -0.2) is 4.79 Å². The van der Waals surface area contributed by atoms with Crippen molar-refractivity contribution in [2.45, 2.75) is 48.0 Å². The normalized spacial score (nSPS) is 19.1. The van der Waals surface area contributed by atoms with Crippen molar-refractivity contribution in [2.75, 3.05) is 23.8 Å². The minimum absolute atomic E-state index is 0.0503. The number of carboxylic acids is 1. The lowest BCUT2D eigenvalue weighted by Crippen LogP contribution is -2.71. The van der Waals surface area contributed by atoms with E-state index in [0.717, 1.165) is 16.4 Å². The number of amides is 4. The number of oxime groups is 1. The maximum Gasteiger partial charge on any atom is 0.353 e. The molecule has 46 heavy (non-hydrogen) atoms. The van der Waals surface area contributed by atoms with Gasteiger partial charge in [-0.3, -0.25) is 29.1 Å². The lowest BCUT2D eigenvalue weighted by molar-refractivity contribution is -0.150. The Morgan fingerprint density at radius 2 is 2.02 bits per heavy atom. The number of anilines is 1. The largest absolute Gasteiger partial charge is 0.477 e. The van der Waals surface area contributed by atoms with E-state index in [1.807, 2.05) is 0 Å². The highest BCUT2D eigenvalue weighted by molar-refractivity contribution is 8.06. The number of carboxylic acid groups (broad SMARTS) is 1. The van der Waals surface area contributed by atoms with Crippen molar-refractivity contribution in [2.24, 2.45) is 10.9 Å². The zero-order valence-electron chi connectivity index (χ0n) is 24.3. The van der Waals surface area contributed by atoms with E-state index in [9.17, 15) is 34.3 Å². The fourth-order valence-electron chi connectivity index (χ4n) is 4.14. The molecule has 1 fully saturated rings. The van der Waals surface area contributed by atoms with E-state index < -0.39 is 52.9 Å². The number of thioether (sulfide) groups is 3. The smallest absolute Gasteiger partial charge is 0.353 e. The quantitative estimate of drug-likeness (QED) is 0.0423. The van der Waals surface area contributed by atoms with Gasteiger partial charge in [0.1, 0.15) is 23.2 Å². The van der Waals surface area contributed by atoms with Gasteiger partial charge in [-0.15, -0.1) is 11.8 Å². The van der Waals surface area contributed by atoms with Gasteiger partial charge in [0.2, 0.25) is 23.4 Å². The van der Waals surface area contributed by atoms with Crippen molar-refractivity contribution in [3.8, 4) is 0 Å². The highest BCUT2D eigenvalue weighted by Crippen LogP contribution is 2.45. The van der Waals surface area contributed by atoms with Crippen LogP contribution in [0.5, 0.6) is 0 Å². The van der Waals surface area contributed by atoms with Crippen LogP contribution in [0.25, 0.3) is 0 Å². The van der Waals surface area contributed by atoms with Gasteiger partial charge in [0.15, 0.2) is 5.13 Å². The van der Waals surface area contributed by atoms with Crippen LogP contribution >= 0.6 is 46.8 Å². The third-order valence-electron chi connectivity index (χ3n) is 6.42. The Morgan fingerprint density at radius 3 is 2.67 bits per heavy atom. The van der Waals surface area contributed by atoms with E-state index in [1.165, 1.54) is 42.2 Å². The van der Waals surface area contributed by atoms with Crippen LogP contribution in [0.1, 0.15) is 25.4 Å². The van der Waals surface area contributed by atoms with Gasteiger partial charge in [-0.05, 0) is 26.0 Å². The van der Waals surface area contributed by atoms with Gasteiger partial charge in [0.25, 0.3) is 11.8 Å². The van der Waals surface area contributed by atoms with Crippen molar-refractivity contribution in [3.05, 3.63) is 40.5 Å². The highest BCUT2D eigenvalue weighted by atomic mass is 32.2. The van der Waals surface area contributed by atoms with Crippen molar-refractivity contribution >= 4 is 87.3 Å². The molecule has 0 aliphatic carbocycles. The molecule has 1 saturated heterocycles. The summed E-state index contributed by atoms with van der Waals surface area (Å²) in [4.78, 5) is 72.6. The molecule has 2 aliphatic rings. The van der Waals surface area contributed by atoms with Crippen LogP contribution in [0, 0.1) is 0 Å². The molecule has 0 spiro atoms. The van der Waals surface area contributed by atoms with Crippen LogP contribution in [0.15, 0.2) is 39.0 Å². The molecular weight excluding hydrogens is 681 g/mol. The Labute approximate surface area is 279 Å². The van der Waals surface area contributed by atoms with Crippen LogP contribution in [0.4, 0.5) is 5.13 Å². The fraction of sp³-hybridized carbons (Fsp3) is 0.400. The average Bonchev–Trinajstić information content (AvgIpc) is 3.45. The minimum atomic E-state index is -1.30. The fourth-order valence-corrected chi connectivity index (χ4v) is 8.05. The number of nitrogen functional groups attached to an aromatic ring is 1. The molecule has 4 atom stereocenters. The van der Waals surface area contributed by atoms with Crippen molar-refractivity contribution in [1.29, 1.82) is 0 Å². The molecule has 21 heteroatoms. The summed E-state index contributed by atoms with van der Waals surface area (Å²) >= 11 is 4.76. The lowest BCUT2D eigenvalue weighted by atomic mass is 10.0. The van der Waals surface area contributed by atoms with Gasteiger partial charge < -0.3 is 37.7 Å². The maximum absolute atomic E-state index is 13.1. The van der Waals surface area contributed by atoms with Crippen molar-refractivity contribution in [1.82, 2.24) is 35.2 Å². The van der Waals surface area contributed by atoms with Crippen LogP contribution in [-0.2, 0) is 29.7 Å². The molecule has 4 amide bonds. The third kappa shape index (κ3) is 8.07. The summed E-state index contributed by atoms with van der Waals surface area (Å²) in [7, 11) is 0. The van der Waals surface area contributed by atoms with E-state index >= 15 is 0 Å². The first-order valence-electron chi connectivity index (χ1n) is 13.5. The molecule has 0 bridgehead atoms. The van der Waals surface area contributed by atoms with Gasteiger partial charge >= 0.3 is 5.97 Å². The molecule has 2 aromatic heterocycles. The zero-order chi connectivity index (χ0) is 33.5. The minimum Gasteiger partial charge on any atom is -0.477 e. The molecule has 2 aliphatic heterocycles. The number of aliphatic carboxylic acids is 1. The lowest BCUT2D eigenvalue weighted by Gasteiger charge is -2.49. The van der Waals surface area contributed by atoms with Crippen molar-refractivity contribution < 1.29 is 34.3 Å². The number of β-lactam (4-membered cyclic amide) rings is 1. The average molecular weight is 711 g/mol. The number of nitrogens with two attached hydrogens (primary N) is 2. The Balaban J connectivity index is 1.36. The number of rotatable bonds is 14. The summed E-state index contributed by atoms with van der Waals surface area (Å²) < 4.78 is 3.83. The Bertz CT molecular complexity index is 1580. The molecule has 0 saturated carbocycles. The third-order valence-corrected chi connectivity index (χ3v) is 10.6. The first kappa shape index (κ1) is 34.9. The first-order valence-corrected chi connectivity index (χ1v) is 17.3. The molecule has 0 unspecified atom stereocenters. The second-order valence-corrected chi connectivity index (χ2v) is 13.9. The zero-order valence-corrected chi connectivity index (χ0v) is 27.6. The van der Waals surface area contributed by atoms with E-state index in [2.05, 4.69) is 35.4 Å². The van der Waals surface area contributed by atoms with E-state index in [-0.39, 0.29) is 28.3 Å². The number of hydrogen-bond donors (Lipinski definition) is 7. The molecule has 4 heterocycles. The molecule has 0 aromatic carbocycles. The molecule has 17 nitrogen and oxygen atoms in total. The predicted molar refractivity (Wildman–Crippen MR) is 173 cm³/mol. The van der Waals surface area contributed by atoms with Crippen LogP contribution < -0.4 is 27.4 Å². The molecule has 2 aromatic rings. The van der Waals surface area contributed by atoms with Gasteiger partial charge in [0, 0.05) is 51.3 Å². The van der Waals surface area contributed by atoms with E-state index in [0.29, 0.717) is 33.5 Å². The summed E-state index contributed by atoms with van der Waals surface area (Å²) in [5.74, 6) is -2.57. The molecule has 246 valence electrons. The highest BCUT2D eigenvalue weighted by Gasteiger charge is 2.54. The number of nitrogens with zero attached hydrogens (tertiary/aromatic N) is 5. The van der Waals surface area contributed by atoms with Crippen LogP contribution in [-0.4, -0.2) is 106 Å². The maximum atomic E-state index is 13.1. The van der Waals surface area contributed by atoms with E-state index in [1.54, 1.807) is 25.3 Å². The monoisotopic (exact) mass is 710 g/mol. The standard InChI is InChI=1S/C25H30N10O7S4/c1-10(26)19(36)30-11(2)20(37)29-6-7-43-8-12-13(4-3-5-28-12)45-14-9-44-23-16(22(39)35(23)17(14)24(40)41)31-21(38)15(33-42)18-32-25(27)46-34-18/h3-5,10-11,16,23,42H,6-9,26H2,1-2H3,(H,29,37)(H,30,36)(H,31,38)(H,40,41)(H2,27,32,34)/b33-15-/t10-,11-,16+,23+/m0/s1. The Kier molecular flexibility index (Phi) is 11.8. The van der Waals surface area contributed by atoms with Crippen LogP contribution in [0.3, 0.4) is 0 Å². The van der Waals surface area contributed by atoms with E-state index in [4.69, 9.17) is 11.5 Å². The number of nitrogens with one attached hydrogen (secondary N) is 3. The number of aromatic nitrogens is 3. The number of carbonyl (C=O) groups is 5.